The van der Waals surface area contributed by atoms with Crippen LogP contribution in [0.15, 0.2) is 30.3 Å². The summed E-state index contributed by atoms with van der Waals surface area (Å²) in [5, 5.41) is 12.2. The number of carbonyl (C=O) groups excluding carboxylic acids is 1. The van der Waals surface area contributed by atoms with Crippen molar-refractivity contribution in [3.63, 3.8) is 0 Å². The SMILES string of the molecule is CC(NC(=O)CC1CCSCC1)(C(=O)O)c1ccccc1. The average molecular weight is 307 g/mol. The molecule has 0 radical (unpaired) electrons. The van der Waals surface area contributed by atoms with Gasteiger partial charge in [-0.1, -0.05) is 30.3 Å². The number of benzene rings is 1. The zero-order chi connectivity index (χ0) is 15.3. The molecule has 1 saturated heterocycles. The Bertz CT molecular complexity index is 500. The van der Waals surface area contributed by atoms with Crippen LogP contribution in [0.5, 0.6) is 0 Å². The van der Waals surface area contributed by atoms with Gasteiger partial charge < -0.3 is 10.4 Å². The van der Waals surface area contributed by atoms with Crippen molar-refractivity contribution >= 4 is 23.6 Å². The monoisotopic (exact) mass is 307 g/mol. The van der Waals surface area contributed by atoms with E-state index in [2.05, 4.69) is 5.32 Å². The lowest BCUT2D eigenvalue weighted by Crippen LogP contribution is -2.50. The molecule has 0 bridgehead atoms. The standard InChI is InChI=1S/C16H21NO3S/c1-16(15(19)20,13-5-3-2-4-6-13)17-14(18)11-12-7-9-21-10-8-12/h2-6,12H,7-11H2,1H3,(H,17,18)(H,19,20). The second kappa shape index (κ2) is 6.98. The normalized spacial score (nSPS) is 18.7. The Labute approximate surface area is 129 Å². The van der Waals surface area contributed by atoms with Crippen molar-refractivity contribution in [2.45, 2.75) is 31.7 Å². The fraction of sp³-hybridized carbons (Fsp3) is 0.500. The zero-order valence-electron chi connectivity index (χ0n) is 12.2. The Morgan fingerprint density at radius 3 is 2.48 bits per heavy atom. The Morgan fingerprint density at radius 2 is 1.90 bits per heavy atom. The van der Waals surface area contributed by atoms with E-state index in [9.17, 15) is 14.7 Å². The molecule has 1 aliphatic rings. The molecule has 0 aliphatic carbocycles. The van der Waals surface area contributed by atoms with Gasteiger partial charge in [0.05, 0.1) is 0 Å². The van der Waals surface area contributed by atoms with Gasteiger partial charge in [0.1, 0.15) is 0 Å². The summed E-state index contributed by atoms with van der Waals surface area (Å²) in [4.78, 5) is 23.9. The van der Waals surface area contributed by atoms with E-state index in [1.54, 1.807) is 31.2 Å². The number of hydrogen-bond donors (Lipinski definition) is 2. The van der Waals surface area contributed by atoms with Crippen LogP contribution in [0.4, 0.5) is 0 Å². The van der Waals surface area contributed by atoms with Crippen LogP contribution in [-0.2, 0) is 15.1 Å². The number of aliphatic carboxylic acids is 1. The second-order valence-electron chi connectivity index (χ2n) is 5.60. The summed E-state index contributed by atoms with van der Waals surface area (Å²) in [6.45, 7) is 1.54. The zero-order valence-corrected chi connectivity index (χ0v) is 13.0. The molecule has 1 unspecified atom stereocenters. The Hall–Kier alpha value is -1.49. The molecule has 0 spiro atoms. The highest BCUT2D eigenvalue weighted by molar-refractivity contribution is 7.99. The summed E-state index contributed by atoms with van der Waals surface area (Å²) in [5.74, 6) is 1.33. The predicted octanol–water partition coefficient (Wildman–Crippen LogP) is 2.64. The summed E-state index contributed by atoms with van der Waals surface area (Å²) in [7, 11) is 0. The molecule has 1 aromatic carbocycles. The van der Waals surface area contributed by atoms with Gasteiger partial charge in [0.25, 0.3) is 0 Å². The number of carbonyl (C=O) groups is 2. The van der Waals surface area contributed by atoms with E-state index >= 15 is 0 Å². The molecule has 1 fully saturated rings. The fourth-order valence-corrected chi connectivity index (χ4v) is 3.77. The molecule has 0 saturated carbocycles. The van der Waals surface area contributed by atoms with Crippen molar-refractivity contribution in [1.82, 2.24) is 5.32 Å². The number of thioether (sulfide) groups is 1. The smallest absolute Gasteiger partial charge is 0.333 e. The van der Waals surface area contributed by atoms with Crippen LogP contribution in [0.2, 0.25) is 0 Å². The summed E-state index contributed by atoms with van der Waals surface area (Å²) >= 11 is 1.91. The quantitative estimate of drug-likeness (QED) is 0.877. The molecule has 114 valence electrons. The van der Waals surface area contributed by atoms with Gasteiger partial charge in [0.15, 0.2) is 5.54 Å². The Kier molecular flexibility index (Phi) is 5.28. The van der Waals surface area contributed by atoms with Crippen LogP contribution < -0.4 is 5.32 Å². The highest BCUT2D eigenvalue weighted by Crippen LogP contribution is 2.26. The average Bonchev–Trinajstić information content (AvgIpc) is 2.48. The van der Waals surface area contributed by atoms with E-state index in [-0.39, 0.29) is 5.91 Å². The van der Waals surface area contributed by atoms with Gasteiger partial charge in [-0.2, -0.15) is 11.8 Å². The molecule has 2 N–H and O–H groups in total. The summed E-state index contributed by atoms with van der Waals surface area (Å²) < 4.78 is 0. The van der Waals surface area contributed by atoms with E-state index < -0.39 is 11.5 Å². The van der Waals surface area contributed by atoms with Crippen LogP contribution in [0.3, 0.4) is 0 Å². The van der Waals surface area contributed by atoms with E-state index in [1.165, 1.54) is 0 Å². The minimum atomic E-state index is -1.37. The van der Waals surface area contributed by atoms with Gasteiger partial charge in [-0.3, -0.25) is 4.79 Å². The number of rotatable bonds is 5. The van der Waals surface area contributed by atoms with Crippen molar-refractivity contribution in [3.8, 4) is 0 Å². The van der Waals surface area contributed by atoms with Crippen molar-refractivity contribution in [1.29, 1.82) is 0 Å². The maximum Gasteiger partial charge on any atom is 0.333 e. The topological polar surface area (TPSA) is 66.4 Å². The number of hydrogen-bond acceptors (Lipinski definition) is 3. The van der Waals surface area contributed by atoms with Crippen molar-refractivity contribution in [2.24, 2.45) is 5.92 Å². The highest BCUT2D eigenvalue weighted by Gasteiger charge is 2.37. The van der Waals surface area contributed by atoms with Crippen LogP contribution in [-0.4, -0.2) is 28.5 Å². The molecule has 1 aromatic rings. The third kappa shape index (κ3) is 4.00. The molecule has 21 heavy (non-hydrogen) atoms. The van der Waals surface area contributed by atoms with Gasteiger partial charge in [-0.05, 0) is 42.8 Å². The Morgan fingerprint density at radius 1 is 1.29 bits per heavy atom. The fourth-order valence-electron chi connectivity index (χ4n) is 2.56. The predicted molar refractivity (Wildman–Crippen MR) is 84.2 cm³/mol. The first-order valence-electron chi connectivity index (χ1n) is 7.20. The minimum Gasteiger partial charge on any atom is -0.479 e. The van der Waals surface area contributed by atoms with E-state index in [1.807, 2.05) is 17.8 Å². The first kappa shape index (κ1) is 15.9. The first-order valence-corrected chi connectivity index (χ1v) is 8.35. The van der Waals surface area contributed by atoms with Crippen LogP contribution in [0.1, 0.15) is 31.7 Å². The maximum atomic E-state index is 12.2. The molecule has 0 aromatic heterocycles. The third-order valence-electron chi connectivity index (χ3n) is 3.98. The molecule has 1 heterocycles. The third-order valence-corrected chi connectivity index (χ3v) is 5.03. The number of nitrogens with one attached hydrogen (secondary N) is 1. The molecule has 2 rings (SSSR count). The Balaban J connectivity index is 2.05. The highest BCUT2D eigenvalue weighted by atomic mass is 32.2. The number of carboxylic acids is 1. The molecule has 1 aliphatic heterocycles. The van der Waals surface area contributed by atoms with E-state index in [4.69, 9.17) is 0 Å². The summed E-state index contributed by atoms with van der Waals surface area (Å²) in [6, 6.07) is 8.84. The van der Waals surface area contributed by atoms with Crippen molar-refractivity contribution in [3.05, 3.63) is 35.9 Å². The van der Waals surface area contributed by atoms with Gasteiger partial charge in [-0.15, -0.1) is 0 Å². The van der Waals surface area contributed by atoms with Gasteiger partial charge in [0.2, 0.25) is 5.91 Å². The largest absolute Gasteiger partial charge is 0.479 e. The molecule has 5 heteroatoms. The summed E-state index contributed by atoms with van der Waals surface area (Å²) in [6.07, 6.45) is 2.48. The summed E-state index contributed by atoms with van der Waals surface area (Å²) in [5.41, 5.74) is -0.785. The lowest BCUT2D eigenvalue weighted by atomic mass is 9.91. The van der Waals surface area contributed by atoms with Crippen LogP contribution >= 0.6 is 11.8 Å². The van der Waals surface area contributed by atoms with Gasteiger partial charge in [0, 0.05) is 6.42 Å². The molecular weight excluding hydrogens is 286 g/mol. The lowest BCUT2D eigenvalue weighted by Gasteiger charge is -2.28. The second-order valence-corrected chi connectivity index (χ2v) is 6.83. The molecule has 4 nitrogen and oxygen atoms in total. The molecule has 1 atom stereocenters. The number of carboxylic acid groups (broad SMARTS) is 1. The van der Waals surface area contributed by atoms with E-state index in [0.29, 0.717) is 17.9 Å². The molecular formula is C16H21NO3S. The maximum absolute atomic E-state index is 12.2. The van der Waals surface area contributed by atoms with Gasteiger partial charge >= 0.3 is 5.97 Å². The van der Waals surface area contributed by atoms with Crippen molar-refractivity contribution in [2.75, 3.05) is 11.5 Å². The lowest BCUT2D eigenvalue weighted by molar-refractivity contribution is -0.147. The van der Waals surface area contributed by atoms with Gasteiger partial charge in [-0.25, -0.2) is 4.79 Å². The van der Waals surface area contributed by atoms with Crippen molar-refractivity contribution < 1.29 is 14.7 Å². The van der Waals surface area contributed by atoms with Crippen LogP contribution in [0.25, 0.3) is 0 Å². The number of amides is 1. The van der Waals surface area contributed by atoms with Crippen LogP contribution in [0, 0.1) is 5.92 Å². The first-order chi connectivity index (χ1) is 10.0. The minimum absolute atomic E-state index is 0.180. The van der Waals surface area contributed by atoms with E-state index in [0.717, 1.165) is 24.3 Å². The molecule has 1 amide bonds.